The number of aromatic nitrogens is 3. The lowest BCUT2D eigenvalue weighted by Crippen LogP contribution is -2.24. The maximum atomic E-state index is 12.5. The molecule has 0 saturated heterocycles. The van der Waals surface area contributed by atoms with Gasteiger partial charge in [-0.15, -0.1) is 5.10 Å². The van der Waals surface area contributed by atoms with Gasteiger partial charge in [0.1, 0.15) is 11.3 Å². The minimum Gasteiger partial charge on any atom is -0.463 e. The Morgan fingerprint density at radius 2 is 2.13 bits per heavy atom. The summed E-state index contributed by atoms with van der Waals surface area (Å²) in [6.45, 7) is 2.08. The third kappa shape index (κ3) is 2.73. The molecule has 0 saturated carbocycles. The van der Waals surface area contributed by atoms with Crippen molar-refractivity contribution in [2.24, 2.45) is 0 Å². The number of methoxy groups -OCH3 is 1. The Hall–Kier alpha value is -2.96. The largest absolute Gasteiger partial charge is 0.463 e. The summed E-state index contributed by atoms with van der Waals surface area (Å²) in [7, 11) is 1.29. The number of hydrogen-bond donors (Lipinski definition) is 0. The van der Waals surface area contributed by atoms with E-state index in [-0.39, 0.29) is 17.9 Å². The molecule has 2 heterocycles. The van der Waals surface area contributed by atoms with E-state index in [2.05, 4.69) is 15.0 Å². The summed E-state index contributed by atoms with van der Waals surface area (Å²) in [6.07, 6.45) is 0.585. The van der Waals surface area contributed by atoms with Crippen molar-refractivity contribution in [3.8, 4) is 0 Å². The van der Waals surface area contributed by atoms with Crippen molar-refractivity contribution in [3.63, 3.8) is 0 Å². The molecule has 7 heteroatoms. The highest BCUT2D eigenvalue weighted by molar-refractivity contribution is 5.86. The first-order valence-corrected chi connectivity index (χ1v) is 7.16. The van der Waals surface area contributed by atoms with E-state index in [0.29, 0.717) is 28.6 Å². The number of carbonyl (C=O) groups is 1. The molecule has 0 aliphatic heterocycles. The van der Waals surface area contributed by atoms with E-state index in [1.807, 2.05) is 6.92 Å². The first kappa shape index (κ1) is 15.0. The Labute approximate surface area is 131 Å². The van der Waals surface area contributed by atoms with Crippen LogP contribution in [-0.2, 0) is 17.7 Å². The van der Waals surface area contributed by atoms with E-state index in [9.17, 15) is 9.59 Å². The summed E-state index contributed by atoms with van der Waals surface area (Å²) in [5.74, 6) is 0.177. The first-order chi connectivity index (χ1) is 11.1. The third-order valence-corrected chi connectivity index (χ3v) is 3.55. The second-order valence-electron chi connectivity index (χ2n) is 4.97. The van der Waals surface area contributed by atoms with Gasteiger partial charge in [0.2, 0.25) is 5.76 Å². The van der Waals surface area contributed by atoms with Crippen LogP contribution in [0, 0.1) is 0 Å². The number of benzene rings is 1. The molecular formula is C16H15N3O4. The minimum absolute atomic E-state index is 0.112. The number of rotatable bonds is 4. The van der Waals surface area contributed by atoms with Gasteiger partial charge in [-0.2, -0.15) is 0 Å². The van der Waals surface area contributed by atoms with Crippen LogP contribution < -0.4 is 5.56 Å². The maximum absolute atomic E-state index is 12.5. The van der Waals surface area contributed by atoms with Crippen molar-refractivity contribution in [2.75, 3.05) is 7.11 Å². The van der Waals surface area contributed by atoms with E-state index in [1.54, 1.807) is 30.3 Å². The van der Waals surface area contributed by atoms with Crippen molar-refractivity contribution in [1.29, 1.82) is 0 Å². The molecule has 1 aromatic carbocycles. The number of furan rings is 1. The summed E-state index contributed by atoms with van der Waals surface area (Å²) in [5.41, 5.74) is 1.02. The lowest BCUT2D eigenvalue weighted by atomic mass is 10.2. The Kier molecular flexibility index (Phi) is 3.92. The predicted molar refractivity (Wildman–Crippen MR) is 82.3 cm³/mol. The Morgan fingerprint density at radius 1 is 1.35 bits per heavy atom. The van der Waals surface area contributed by atoms with E-state index < -0.39 is 5.97 Å². The molecule has 3 aromatic rings. The van der Waals surface area contributed by atoms with E-state index in [4.69, 9.17) is 4.42 Å². The molecule has 0 fully saturated rings. The normalized spacial score (nSPS) is 10.9. The fourth-order valence-electron chi connectivity index (χ4n) is 2.39. The van der Waals surface area contributed by atoms with Crippen LogP contribution in [0.1, 0.15) is 28.8 Å². The molecule has 0 aliphatic rings. The number of fused-ring (bicyclic) bond motifs is 1. The summed E-state index contributed by atoms with van der Waals surface area (Å²) in [4.78, 5) is 24.0. The van der Waals surface area contributed by atoms with Crippen LogP contribution in [0.5, 0.6) is 0 Å². The number of nitrogens with zero attached hydrogens (tertiary/aromatic N) is 3. The van der Waals surface area contributed by atoms with E-state index in [1.165, 1.54) is 11.8 Å². The fraction of sp³-hybridized carbons (Fsp3) is 0.250. The summed E-state index contributed by atoms with van der Waals surface area (Å²) >= 11 is 0. The molecule has 0 atom stereocenters. The fourth-order valence-corrected chi connectivity index (χ4v) is 2.39. The Bertz CT molecular complexity index is 926. The molecule has 0 aliphatic carbocycles. The van der Waals surface area contributed by atoms with Crippen LogP contribution in [0.25, 0.3) is 10.9 Å². The van der Waals surface area contributed by atoms with Crippen molar-refractivity contribution in [2.45, 2.75) is 19.9 Å². The highest BCUT2D eigenvalue weighted by Gasteiger charge is 2.17. The lowest BCUT2D eigenvalue weighted by Gasteiger charge is -2.04. The van der Waals surface area contributed by atoms with Gasteiger partial charge in [0, 0.05) is 12.0 Å². The van der Waals surface area contributed by atoms with Crippen LogP contribution in [0.4, 0.5) is 0 Å². The quantitative estimate of drug-likeness (QED) is 0.682. The van der Waals surface area contributed by atoms with Gasteiger partial charge in [0.25, 0.3) is 5.56 Å². The van der Waals surface area contributed by atoms with Crippen LogP contribution in [0.2, 0.25) is 0 Å². The number of esters is 1. The standard InChI is InChI=1S/C16H15N3O4/c1-3-13-10(8-14(23-13)16(21)22-2)9-19-15(20)11-6-4-5-7-12(11)17-18-19/h4-8H,3,9H2,1-2H3. The SMILES string of the molecule is CCc1oc(C(=O)OC)cc1Cn1nnc2ccccc2c1=O. The van der Waals surface area contributed by atoms with E-state index in [0.717, 1.165) is 0 Å². The molecule has 0 unspecified atom stereocenters. The van der Waals surface area contributed by atoms with Crippen LogP contribution >= 0.6 is 0 Å². The van der Waals surface area contributed by atoms with Gasteiger partial charge in [-0.3, -0.25) is 4.79 Å². The topological polar surface area (TPSA) is 87.2 Å². The summed E-state index contributed by atoms with van der Waals surface area (Å²) in [6, 6.07) is 8.60. The zero-order valence-electron chi connectivity index (χ0n) is 12.8. The number of carbonyl (C=O) groups excluding carboxylic acids is 1. The van der Waals surface area contributed by atoms with Gasteiger partial charge in [-0.05, 0) is 18.2 Å². The maximum Gasteiger partial charge on any atom is 0.373 e. The highest BCUT2D eigenvalue weighted by atomic mass is 16.5. The predicted octanol–water partition coefficient (Wildman–Crippen LogP) is 1.78. The second-order valence-corrected chi connectivity index (χ2v) is 4.97. The molecule has 3 rings (SSSR count). The van der Waals surface area contributed by atoms with E-state index >= 15 is 0 Å². The minimum atomic E-state index is -0.553. The summed E-state index contributed by atoms with van der Waals surface area (Å²) in [5, 5.41) is 8.49. The zero-order chi connectivity index (χ0) is 16.4. The lowest BCUT2D eigenvalue weighted by molar-refractivity contribution is 0.0563. The van der Waals surface area contributed by atoms with Crippen molar-refractivity contribution in [3.05, 3.63) is 57.8 Å². The van der Waals surface area contributed by atoms with Gasteiger partial charge >= 0.3 is 5.97 Å². The van der Waals surface area contributed by atoms with Gasteiger partial charge in [-0.25, -0.2) is 9.48 Å². The molecule has 7 nitrogen and oxygen atoms in total. The zero-order valence-corrected chi connectivity index (χ0v) is 12.8. The monoisotopic (exact) mass is 313 g/mol. The van der Waals surface area contributed by atoms with Gasteiger partial charge in [-0.1, -0.05) is 24.3 Å². The van der Waals surface area contributed by atoms with Gasteiger partial charge in [0.15, 0.2) is 0 Å². The van der Waals surface area contributed by atoms with Crippen molar-refractivity contribution >= 4 is 16.9 Å². The molecular weight excluding hydrogens is 298 g/mol. The van der Waals surface area contributed by atoms with Gasteiger partial charge in [0.05, 0.1) is 19.0 Å². The molecule has 23 heavy (non-hydrogen) atoms. The Balaban J connectivity index is 2.02. The van der Waals surface area contributed by atoms with Gasteiger partial charge < -0.3 is 9.15 Å². The molecule has 0 amide bonds. The second kappa shape index (κ2) is 6.04. The van der Waals surface area contributed by atoms with Crippen molar-refractivity contribution < 1.29 is 13.9 Å². The molecule has 0 N–H and O–H groups in total. The average molecular weight is 313 g/mol. The highest BCUT2D eigenvalue weighted by Crippen LogP contribution is 2.18. The van der Waals surface area contributed by atoms with Crippen LogP contribution in [-0.4, -0.2) is 28.1 Å². The molecule has 118 valence electrons. The first-order valence-electron chi connectivity index (χ1n) is 7.16. The third-order valence-electron chi connectivity index (χ3n) is 3.55. The summed E-state index contributed by atoms with van der Waals surface area (Å²) < 4.78 is 11.4. The number of hydrogen-bond acceptors (Lipinski definition) is 6. The Morgan fingerprint density at radius 3 is 2.87 bits per heavy atom. The van der Waals surface area contributed by atoms with Crippen LogP contribution in [0.15, 0.2) is 39.5 Å². The number of ether oxygens (including phenoxy) is 1. The molecule has 0 bridgehead atoms. The molecule has 2 aromatic heterocycles. The van der Waals surface area contributed by atoms with Crippen molar-refractivity contribution in [1.82, 2.24) is 15.0 Å². The van der Waals surface area contributed by atoms with Crippen LogP contribution in [0.3, 0.4) is 0 Å². The number of aryl methyl sites for hydroxylation is 1. The molecule has 0 spiro atoms. The molecule has 0 radical (unpaired) electrons. The smallest absolute Gasteiger partial charge is 0.373 e. The average Bonchev–Trinajstić information content (AvgIpc) is 3.00.